The van der Waals surface area contributed by atoms with Gasteiger partial charge in [0, 0.05) is 32.5 Å². The van der Waals surface area contributed by atoms with Crippen LogP contribution in [0.1, 0.15) is 6.42 Å². The average Bonchev–Trinajstić information content (AvgIpc) is 2.64. The van der Waals surface area contributed by atoms with Crippen molar-refractivity contribution in [1.82, 2.24) is 0 Å². The van der Waals surface area contributed by atoms with E-state index >= 15 is 0 Å². The van der Waals surface area contributed by atoms with Crippen LogP contribution in [0, 0.1) is 5.92 Å². The van der Waals surface area contributed by atoms with Crippen molar-refractivity contribution < 1.29 is 0 Å². The molecule has 1 aromatic carbocycles. The molecule has 1 aliphatic heterocycles. The first kappa shape index (κ1) is 12.5. The van der Waals surface area contributed by atoms with Crippen LogP contribution in [0.4, 0.5) is 11.4 Å². The SMILES string of the molecule is C[Si](C)(C)CC1CCN(c2ccc(N)cc2)C1. The third kappa shape index (κ3) is 3.50. The van der Waals surface area contributed by atoms with Gasteiger partial charge in [0.15, 0.2) is 0 Å². The molecule has 1 aliphatic rings. The summed E-state index contributed by atoms with van der Waals surface area (Å²) in [5, 5.41) is 0. The van der Waals surface area contributed by atoms with Crippen molar-refractivity contribution in [2.75, 3.05) is 23.7 Å². The molecule has 1 heterocycles. The molecule has 2 N–H and O–H groups in total. The number of anilines is 2. The van der Waals surface area contributed by atoms with Crippen molar-refractivity contribution in [3.05, 3.63) is 24.3 Å². The van der Waals surface area contributed by atoms with Gasteiger partial charge in [-0.1, -0.05) is 25.7 Å². The van der Waals surface area contributed by atoms with Gasteiger partial charge in [-0.15, -0.1) is 0 Å². The Morgan fingerprint density at radius 1 is 1.24 bits per heavy atom. The van der Waals surface area contributed by atoms with E-state index in [2.05, 4.69) is 36.7 Å². The van der Waals surface area contributed by atoms with E-state index in [0.717, 1.165) is 11.6 Å². The monoisotopic (exact) mass is 248 g/mol. The Morgan fingerprint density at radius 2 is 1.88 bits per heavy atom. The Labute approximate surface area is 106 Å². The lowest BCUT2D eigenvalue weighted by Crippen LogP contribution is -2.26. The molecule has 3 heteroatoms. The molecule has 0 bridgehead atoms. The number of hydrogen-bond acceptors (Lipinski definition) is 2. The largest absolute Gasteiger partial charge is 0.399 e. The Kier molecular flexibility index (Phi) is 3.47. The quantitative estimate of drug-likeness (QED) is 0.656. The van der Waals surface area contributed by atoms with Gasteiger partial charge in [-0.25, -0.2) is 0 Å². The van der Waals surface area contributed by atoms with Crippen LogP contribution in [0.15, 0.2) is 24.3 Å². The molecule has 0 aromatic heterocycles. The molecule has 1 unspecified atom stereocenters. The summed E-state index contributed by atoms with van der Waals surface area (Å²) in [5.41, 5.74) is 7.91. The summed E-state index contributed by atoms with van der Waals surface area (Å²) >= 11 is 0. The van der Waals surface area contributed by atoms with E-state index in [4.69, 9.17) is 5.73 Å². The van der Waals surface area contributed by atoms with E-state index in [-0.39, 0.29) is 0 Å². The summed E-state index contributed by atoms with van der Waals surface area (Å²) in [6.07, 6.45) is 1.36. The maximum Gasteiger partial charge on any atom is 0.0446 e. The van der Waals surface area contributed by atoms with Gasteiger partial charge in [-0.3, -0.25) is 0 Å². The van der Waals surface area contributed by atoms with E-state index in [1.807, 2.05) is 12.1 Å². The molecule has 94 valence electrons. The minimum atomic E-state index is -0.908. The average molecular weight is 248 g/mol. The molecule has 2 nitrogen and oxygen atoms in total. The maximum absolute atomic E-state index is 5.72. The fourth-order valence-corrected chi connectivity index (χ4v) is 4.85. The number of nitrogens with zero attached hydrogens (tertiary/aromatic N) is 1. The van der Waals surface area contributed by atoms with E-state index in [0.29, 0.717) is 0 Å². The lowest BCUT2D eigenvalue weighted by atomic mass is 10.2. The molecule has 1 atom stereocenters. The number of nitrogens with two attached hydrogens (primary N) is 1. The van der Waals surface area contributed by atoms with Crippen LogP contribution in [0.25, 0.3) is 0 Å². The lowest BCUT2D eigenvalue weighted by molar-refractivity contribution is 0.647. The Morgan fingerprint density at radius 3 is 2.47 bits per heavy atom. The number of rotatable bonds is 3. The second kappa shape index (κ2) is 4.73. The predicted molar refractivity (Wildman–Crippen MR) is 79.3 cm³/mol. The number of benzene rings is 1. The Balaban J connectivity index is 1.96. The second-order valence-corrected chi connectivity index (χ2v) is 12.0. The van der Waals surface area contributed by atoms with Crippen LogP contribution in [0.2, 0.25) is 25.7 Å². The summed E-state index contributed by atoms with van der Waals surface area (Å²) in [5.74, 6) is 0.902. The highest BCUT2D eigenvalue weighted by Crippen LogP contribution is 2.29. The highest BCUT2D eigenvalue weighted by Gasteiger charge is 2.27. The highest BCUT2D eigenvalue weighted by atomic mass is 28.3. The molecule has 0 saturated carbocycles. The van der Waals surface area contributed by atoms with Crippen LogP contribution in [0.3, 0.4) is 0 Å². The fourth-order valence-electron chi connectivity index (χ4n) is 2.78. The van der Waals surface area contributed by atoms with Crippen molar-refractivity contribution in [3.8, 4) is 0 Å². The van der Waals surface area contributed by atoms with E-state index in [9.17, 15) is 0 Å². The summed E-state index contributed by atoms with van der Waals surface area (Å²) in [7, 11) is -0.908. The van der Waals surface area contributed by atoms with Crippen LogP contribution < -0.4 is 10.6 Å². The summed E-state index contributed by atoms with van der Waals surface area (Å²) in [4.78, 5) is 2.50. The first-order valence-corrected chi connectivity index (χ1v) is 10.3. The van der Waals surface area contributed by atoms with Gasteiger partial charge >= 0.3 is 0 Å². The summed E-state index contributed by atoms with van der Waals surface area (Å²) in [6.45, 7) is 9.85. The van der Waals surface area contributed by atoms with E-state index in [1.54, 1.807) is 0 Å². The van der Waals surface area contributed by atoms with Gasteiger partial charge in [0.2, 0.25) is 0 Å². The number of hydrogen-bond donors (Lipinski definition) is 1. The van der Waals surface area contributed by atoms with Crippen molar-refractivity contribution in [1.29, 1.82) is 0 Å². The van der Waals surface area contributed by atoms with E-state index in [1.165, 1.54) is 31.2 Å². The Bertz CT molecular complexity index is 367. The lowest BCUT2D eigenvalue weighted by Gasteiger charge is -2.22. The van der Waals surface area contributed by atoms with Crippen LogP contribution in [0.5, 0.6) is 0 Å². The second-order valence-electron chi connectivity index (χ2n) is 6.46. The molecule has 0 amide bonds. The molecule has 1 fully saturated rings. The molecular formula is C14H24N2Si. The zero-order valence-electron chi connectivity index (χ0n) is 11.2. The third-order valence-electron chi connectivity index (χ3n) is 3.45. The topological polar surface area (TPSA) is 29.3 Å². The van der Waals surface area contributed by atoms with Gasteiger partial charge < -0.3 is 10.6 Å². The van der Waals surface area contributed by atoms with Gasteiger partial charge in [0.25, 0.3) is 0 Å². The predicted octanol–water partition coefficient (Wildman–Crippen LogP) is 3.43. The van der Waals surface area contributed by atoms with Gasteiger partial charge in [-0.05, 0) is 36.6 Å². The van der Waals surface area contributed by atoms with Crippen molar-refractivity contribution in [2.24, 2.45) is 5.92 Å². The molecule has 1 aromatic rings. The maximum atomic E-state index is 5.72. The van der Waals surface area contributed by atoms with Gasteiger partial charge in [0.05, 0.1) is 0 Å². The van der Waals surface area contributed by atoms with Crippen molar-refractivity contribution >= 4 is 19.4 Å². The highest BCUT2D eigenvalue weighted by molar-refractivity contribution is 6.76. The molecule has 2 rings (SSSR count). The van der Waals surface area contributed by atoms with Gasteiger partial charge in [-0.2, -0.15) is 0 Å². The summed E-state index contributed by atoms with van der Waals surface area (Å²) < 4.78 is 0. The third-order valence-corrected chi connectivity index (χ3v) is 5.25. The van der Waals surface area contributed by atoms with E-state index < -0.39 is 8.07 Å². The number of nitrogen functional groups attached to an aromatic ring is 1. The molecule has 0 aliphatic carbocycles. The smallest absolute Gasteiger partial charge is 0.0446 e. The zero-order valence-corrected chi connectivity index (χ0v) is 12.2. The zero-order chi connectivity index (χ0) is 12.5. The first-order valence-electron chi connectivity index (χ1n) is 6.54. The molecule has 0 radical (unpaired) electrons. The van der Waals surface area contributed by atoms with Crippen LogP contribution >= 0.6 is 0 Å². The van der Waals surface area contributed by atoms with Crippen molar-refractivity contribution in [3.63, 3.8) is 0 Å². The molecular weight excluding hydrogens is 224 g/mol. The standard InChI is InChI=1S/C14H24N2Si/c1-17(2,3)11-12-8-9-16(10-12)14-6-4-13(15)5-7-14/h4-7,12H,8-11,15H2,1-3H3. The molecule has 17 heavy (non-hydrogen) atoms. The van der Waals surface area contributed by atoms with Crippen LogP contribution in [-0.4, -0.2) is 21.2 Å². The normalized spacial score (nSPS) is 20.9. The van der Waals surface area contributed by atoms with Crippen LogP contribution in [-0.2, 0) is 0 Å². The fraction of sp³-hybridized carbons (Fsp3) is 0.571. The first-order chi connectivity index (χ1) is 7.94. The van der Waals surface area contributed by atoms with Crippen molar-refractivity contribution in [2.45, 2.75) is 32.1 Å². The molecule has 0 spiro atoms. The minimum absolute atomic E-state index is 0.853. The summed E-state index contributed by atoms with van der Waals surface area (Å²) in [6, 6.07) is 9.75. The Hall–Kier alpha value is -0.963. The van der Waals surface area contributed by atoms with Gasteiger partial charge in [0.1, 0.15) is 0 Å². The minimum Gasteiger partial charge on any atom is -0.399 e. The molecule has 1 saturated heterocycles.